The third-order valence-corrected chi connectivity index (χ3v) is 4.35. The quantitative estimate of drug-likeness (QED) is 0.843. The molecule has 0 aliphatic heterocycles. The summed E-state index contributed by atoms with van der Waals surface area (Å²) in [6.07, 6.45) is 2.30. The molecule has 0 atom stereocenters. The van der Waals surface area contributed by atoms with Gasteiger partial charge in [0.15, 0.2) is 17.3 Å². The first-order chi connectivity index (χ1) is 9.19. The van der Waals surface area contributed by atoms with Crippen LogP contribution in [0, 0.1) is 5.82 Å². The van der Waals surface area contributed by atoms with E-state index in [9.17, 15) is 9.18 Å². The predicted octanol–water partition coefficient (Wildman–Crippen LogP) is 3.48. The van der Waals surface area contributed by atoms with Crippen LogP contribution in [0.3, 0.4) is 0 Å². The van der Waals surface area contributed by atoms with E-state index < -0.39 is 5.82 Å². The number of carbonyl (C=O) groups excluding carboxylic acids is 1. The third kappa shape index (κ3) is 2.14. The molecule has 1 aromatic carbocycles. The number of fused-ring (bicyclic) bond motifs is 1. The average molecular weight is 277 g/mol. The van der Waals surface area contributed by atoms with Crippen LogP contribution in [-0.2, 0) is 6.42 Å². The number of ketones is 1. The minimum Gasteiger partial charge on any atom is -0.494 e. The minimum absolute atomic E-state index is 0.166. The molecule has 0 unspecified atom stereocenters. The van der Waals surface area contributed by atoms with Crippen molar-refractivity contribution >= 4 is 17.1 Å². The molecule has 1 aliphatic carbocycles. The minimum atomic E-state index is -0.399. The highest BCUT2D eigenvalue weighted by atomic mass is 32.1. The van der Waals surface area contributed by atoms with Gasteiger partial charge in [0.2, 0.25) is 0 Å². The van der Waals surface area contributed by atoms with Crippen molar-refractivity contribution in [3.63, 3.8) is 0 Å². The topological polar surface area (TPSA) is 39.2 Å². The highest BCUT2D eigenvalue weighted by Gasteiger charge is 2.22. The number of thiazole rings is 1. The molecule has 0 fully saturated rings. The van der Waals surface area contributed by atoms with E-state index in [4.69, 9.17) is 4.74 Å². The van der Waals surface area contributed by atoms with E-state index in [1.165, 1.54) is 24.5 Å². The first kappa shape index (κ1) is 12.3. The van der Waals surface area contributed by atoms with Crippen LogP contribution in [0.25, 0.3) is 10.6 Å². The smallest absolute Gasteiger partial charge is 0.174 e. The summed E-state index contributed by atoms with van der Waals surface area (Å²) in [4.78, 5) is 17.0. The number of methoxy groups -OCH3 is 1. The number of hydrogen-bond donors (Lipinski definition) is 0. The van der Waals surface area contributed by atoms with Gasteiger partial charge in [0.1, 0.15) is 5.01 Å². The molecule has 1 aromatic heterocycles. The van der Waals surface area contributed by atoms with Gasteiger partial charge in [-0.25, -0.2) is 9.37 Å². The molecule has 1 aliphatic rings. The van der Waals surface area contributed by atoms with Crippen LogP contribution in [0.15, 0.2) is 18.2 Å². The molecular weight excluding hydrogens is 265 g/mol. The molecule has 0 saturated heterocycles. The summed E-state index contributed by atoms with van der Waals surface area (Å²) in [6.45, 7) is 0. The number of Topliss-reactive ketones (excluding diaryl/α,β-unsaturated/α-hetero) is 1. The summed E-state index contributed by atoms with van der Waals surface area (Å²) in [6, 6.07) is 4.63. The van der Waals surface area contributed by atoms with Gasteiger partial charge in [-0.2, -0.15) is 0 Å². The van der Waals surface area contributed by atoms with E-state index in [1.807, 2.05) is 0 Å². The number of hydrogen-bond acceptors (Lipinski definition) is 4. The number of nitrogens with zero attached hydrogens (tertiary/aromatic N) is 1. The summed E-state index contributed by atoms with van der Waals surface area (Å²) < 4.78 is 18.3. The van der Waals surface area contributed by atoms with Crippen molar-refractivity contribution in [2.24, 2.45) is 0 Å². The molecule has 5 heteroatoms. The van der Waals surface area contributed by atoms with Crippen molar-refractivity contribution in [2.75, 3.05) is 7.11 Å². The number of benzene rings is 1. The zero-order chi connectivity index (χ0) is 13.4. The van der Waals surface area contributed by atoms with E-state index in [0.717, 1.165) is 34.0 Å². The van der Waals surface area contributed by atoms with Crippen LogP contribution >= 0.6 is 11.3 Å². The molecule has 0 saturated carbocycles. The largest absolute Gasteiger partial charge is 0.494 e. The maximum absolute atomic E-state index is 13.4. The number of carbonyl (C=O) groups is 1. The Bertz CT molecular complexity index is 651. The summed E-state index contributed by atoms with van der Waals surface area (Å²) in [5, 5.41) is 0.749. The first-order valence-corrected chi connectivity index (χ1v) is 6.87. The second-order valence-corrected chi connectivity index (χ2v) is 5.42. The van der Waals surface area contributed by atoms with Crippen LogP contribution in [0.2, 0.25) is 0 Å². The zero-order valence-electron chi connectivity index (χ0n) is 10.4. The molecular formula is C14H12FNO2S. The maximum Gasteiger partial charge on any atom is 0.174 e. The molecule has 0 N–H and O–H groups in total. The molecule has 98 valence electrons. The number of halogens is 1. The van der Waals surface area contributed by atoms with Gasteiger partial charge in [0.25, 0.3) is 0 Å². The van der Waals surface area contributed by atoms with Gasteiger partial charge in [-0.05, 0) is 31.0 Å². The van der Waals surface area contributed by atoms with E-state index >= 15 is 0 Å². The van der Waals surface area contributed by atoms with Gasteiger partial charge >= 0.3 is 0 Å². The molecule has 19 heavy (non-hydrogen) atoms. The van der Waals surface area contributed by atoms with Crippen molar-refractivity contribution in [1.29, 1.82) is 0 Å². The van der Waals surface area contributed by atoms with E-state index in [2.05, 4.69) is 4.98 Å². The highest BCUT2D eigenvalue weighted by molar-refractivity contribution is 7.17. The van der Waals surface area contributed by atoms with Crippen molar-refractivity contribution in [3.8, 4) is 16.3 Å². The molecule has 0 bridgehead atoms. The summed E-state index contributed by atoms with van der Waals surface area (Å²) in [5.41, 5.74) is 1.66. The van der Waals surface area contributed by atoms with E-state index in [1.54, 1.807) is 12.1 Å². The fourth-order valence-corrected chi connectivity index (χ4v) is 3.26. The van der Waals surface area contributed by atoms with Crippen molar-refractivity contribution in [3.05, 3.63) is 34.6 Å². The number of aromatic nitrogens is 1. The van der Waals surface area contributed by atoms with Gasteiger partial charge in [-0.3, -0.25) is 4.79 Å². The summed E-state index contributed by atoms with van der Waals surface area (Å²) in [7, 11) is 1.43. The van der Waals surface area contributed by atoms with Gasteiger partial charge in [0.05, 0.1) is 17.7 Å². The van der Waals surface area contributed by atoms with Crippen LogP contribution in [0.4, 0.5) is 4.39 Å². The highest BCUT2D eigenvalue weighted by Crippen LogP contribution is 2.34. The summed E-state index contributed by atoms with van der Waals surface area (Å²) >= 11 is 1.38. The SMILES string of the molecule is COc1cc(-c2nc3c(s2)C(=O)CCC3)ccc1F. The van der Waals surface area contributed by atoms with Gasteiger partial charge in [-0.1, -0.05) is 0 Å². The Hall–Kier alpha value is -1.75. The first-order valence-electron chi connectivity index (χ1n) is 6.06. The standard InChI is InChI=1S/C14H12FNO2S/c1-18-12-7-8(5-6-9(12)15)14-16-10-3-2-4-11(17)13(10)19-14/h5-7H,2-4H2,1H3. The van der Waals surface area contributed by atoms with Gasteiger partial charge in [0, 0.05) is 12.0 Å². The lowest BCUT2D eigenvalue weighted by molar-refractivity contribution is 0.0976. The number of aryl methyl sites for hydroxylation is 1. The lowest BCUT2D eigenvalue weighted by atomic mass is 10.0. The normalized spacial score (nSPS) is 14.3. The average Bonchev–Trinajstić information content (AvgIpc) is 2.85. The summed E-state index contributed by atoms with van der Waals surface area (Å²) in [5.74, 6) is -0.0419. The Labute approximate surface area is 114 Å². The monoisotopic (exact) mass is 277 g/mol. The Balaban J connectivity index is 2.05. The molecule has 3 rings (SSSR count). The second-order valence-electron chi connectivity index (χ2n) is 4.42. The fraction of sp³-hybridized carbons (Fsp3) is 0.286. The van der Waals surface area contributed by atoms with Crippen molar-refractivity contribution < 1.29 is 13.9 Å². The second kappa shape index (κ2) is 4.74. The van der Waals surface area contributed by atoms with E-state index in [-0.39, 0.29) is 11.5 Å². The van der Waals surface area contributed by atoms with Gasteiger partial charge in [-0.15, -0.1) is 11.3 Å². The van der Waals surface area contributed by atoms with Crippen molar-refractivity contribution in [2.45, 2.75) is 19.3 Å². The molecule has 0 spiro atoms. The third-order valence-electron chi connectivity index (χ3n) is 3.17. The van der Waals surface area contributed by atoms with Crippen LogP contribution < -0.4 is 4.74 Å². The number of rotatable bonds is 2. The molecule has 3 nitrogen and oxygen atoms in total. The van der Waals surface area contributed by atoms with E-state index in [0.29, 0.717) is 6.42 Å². The molecule has 0 amide bonds. The number of ether oxygens (including phenoxy) is 1. The Morgan fingerprint density at radius 1 is 1.37 bits per heavy atom. The Kier molecular flexibility index (Phi) is 3.06. The lowest BCUT2D eigenvalue weighted by Crippen LogP contribution is -2.07. The molecule has 2 aromatic rings. The van der Waals surface area contributed by atoms with Gasteiger partial charge < -0.3 is 4.74 Å². The maximum atomic E-state index is 13.4. The van der Waals surface area contributed by atoms with Crippen LogP contribution in [0.5, 0.6) is 5.75 Å². The lowest BCUT2D eigenvalue weighted by Gasteiger charge is -2.06. The zero-order valence-corrected chi connectivity index (χ0v) is 11.2. The van der Waals surface area contributed by atoms with Crippen LogP contribution in [0.1, 0.15) is 28.2 Å². The molecule has 1 heterocycles. The fourth-order valence-electron chi connectivity index (χ4n) is 2.19. The van der Waals surface area contributed by atoms with Crippen molar-refractivity contribution in [1.82, 2.24) is 4.98 Å². The molecule has 0 radical (unpaired) electrons. The predicted molar refractivity (Wildman–Crippen MR) is 71.3 cm³/mol. The Morgan fingerprint density at radius 3 is 2.95 bits per heavy atom. The van der Waals surface area contributed by atoms with Crippen LogP contribution in [-0.4, -0.2) is 17.9 Å². The Morgan fingerprint density at radius 2 is 2.21 bits per heavy atom.